The van der Waals surface area contributed by atoms with Crippen LogP contribution in [0.4, 0.5) is 0 Å². The van der Waals surface area contributed by atoms with Gasteiger partial charge < -0.3 is 20.3 Å². The molecule has 0 fully saturated rings. The third-order valence-electron chi connectivity index (χ3n) is 4.92. The Morgan fingerprint density at radius 3 is 2.44 bits per heavy atom. The summed E-state index contributed by atoms with van der Waals surface area (Å²) in [5.74, 6) is 0.569. The fraction of sp³-hybridized carbons (Fsp3) is 0.0870. The Morgan fingerprint density at radius 2 is 1.78 bits per heavy atom. The van der Waals surface area contributed by atoms with Gasteiger partial charge in [-0.25, -0.2) is 0 Å². The van der Waals surface area contributed by atoms with Gasteiger partial charge in [-0.05, 0) is 73.3 Å². The number of nitrogens with two attached hydrogens (primary N) is 1. The average molecular weight is 597 g/mol. The van der Waals surface area contributed by atoms with Gasteiger partial charge >= 0.3 is 0 Å². The van der Waals surface area contributed by atoms with Crippen molar-refractivity contribution in [2.24, 2.45) is 5.73 Å². The van der Waals surface area contributed by atoms with Crippen molar-refractivity contribution in [2.45, 2.75) is 12.5 Å². The van der Waals surface area contributed by atoms with Crippen LogP contribution in [0.1, 0.15) is 22.6 Å². The molecule has 0 aliphatic carbocycles. The van der Waals surface area contributed by atoms with Crippen molar-refractivity contribution in [3.05, 3.63) is 95.7 Å². The van der Waals surface area contributed by atoms with E-state index >= 15 is 0 Å². The lowest BCUT2D eigenvalue weighted by Gasteiger charge is -2.27. The predicted molar refractivity (Wildman–Crippen MR) is 130 cm³/mol. The van der Waals surface area contributed by atoms with Gasteiger partial charge in [-0.2, -0.15) is 5.26 Å². The highest BCUT2D eigenvalue weighted by Gasteiger charge is 2.31. The van der Waals surface area contributed by atoms with Crippen molar-refractivity contribution in [3.8, 4) is 23.3 Å². The van der Waals surface area contributed by atoms with Crippen LogP contribution in [0.15, 0.2) is 68.9 Å². The molecule has 3 aromatic carbocycles. The summed E-state index contributed by atoms with van der Waals surface area (Å²) in [4.78, 5) is 0. The fourth-order valence-electron chi connectivity index (χ4n) is 3.46. The number of benzene rings is 3. The first kappa shape index (κ1) is 22.8. The van der Waals surface area contributed by atoms with E-state index < -0.39 is 5.92 Å². The standard InChI is InChI=1S/C23H14Br2Cl2N2O3/c24-16-6-12(7-17(25)22(16)31-10-11-1-4-18(26)19(27)5-11)21-14-3-2-13(30)8-20(14)32-23(29)15(21)9-28/h1-8,21,30H,10,29H2/t21-/m1/s1. The van der Waals surface area contributed by atoms with Gasteiger partial charge in [-0.15, -0.1) is 0 Å². The molecule has 162 valence electrons. The molecule has 0 saturated heterocycles. The van der Waals surface area contributed by atoms with E-state index in [9.17, 15) is 10.4 Å². The molecule has 0 aromatic heterocycles. The molecule has 5 nitrogen and oxygen atoms in total. The van der Waals surface area contributed by atoms with Crippen molar-refractivity contribution in [2.75, 3.05) is 0 Å². The van der Waals surface area contributed by atoms with Gasteiger partial charge in [0.2, 0.25) is 5.88 Å². The number of phenolic OH excluding ortho intramolecular Hbond substituents is 1. The summed E-state index contributed by atoms with van der Waals surface area (Å²) in [6.07, 6.45) is 0. The first-order chi connectivity index (χ1) is 15.3. The number of aromatic hydroxyl groups is 1. The quantitative estimate of drug-likeness (QED) is 0.338. The third kappa shape index (κ3) is 4.41. The zero-order valence-corrected chi connectivity index (χ0v) is 20.9. The van der Waals surface area contributed by atoms with Crippen molar-refractivity contribution in [3.63, 3.8) is 0 Å². The molecular weight excluding hydrogens is 583 g/mol. The highest BCUT2D eigenvalue weighted by atomic mass is 79.9. The zero-order chi connectivity index (χ0) is 23.0. The van der Waals surface area contributed by atoms with Crippen molar-refractivity contribution in [1.29, 1.82) is 5.26 Å². The Labute approximate surface area is 211 Å². The topological polar surface area (TPSA) is 88.5 Å². The number of nitrogens with zero attached hydrogens (tertiary/aromatic N) is 1. The van der Waals surface area contributed by atoms with Crippen LogP contribution in [0.2, 0.25) is 10.0 Å². The normalized spacial score (nSPS) is 15.0. The lowest BCUT2D eigenvalue weighted by Crippen LogP contribution is -2.21. The predicted octanol–water partition coefficient (Wildman–Crippen LogP) is 7.02. The molecule has 32 heavy (non-hydrogen) atoms. The molecule has 3 aromatic rings. The lowest BCUT2D eigenvalue weighted by molar-refractivity contribution is 0.302. The van der Waals surface area contributed by atoms with Gasteiger partial charge in [0.05, 0.1) is 24.9 Å². The highest BCUT2D eigenvalue weighted by molar-refractivity contribution is 9.11. The van der Waals surface area contributed by atoms with Gasteiger partial charge in [-0.1, -0.05) is 35.3 Å². The largest absolute Gasteiger partial charge is 0.508 e. The Hall–Kier alpha value is -2.37. The second-order valence-electron chi connectivity index (χ2n) is 7.00. The van der Waals surface area contributed by atoms with Gasteiger partial charge in [-0.3, -0.25) is 0 Å². The second-order valence-corrected chi connectivity index (χ2v) is 9.52. The van der Waals surface area contributed by atoms with Crippen LogP contribution in [0.5, 0.6) is 17.2 Å². The summed E-state index contributed by atoms with van der Waals surface area (Å²) in [6.45, 7) is 0.281. The Balaban J connectivity index is 1.70. The van der Waals surface area contributed by atoms with E-state index in [4.69, 9.17) is 38.4 Å². The number of nitriles is 1. The highest BCUT2D eigenvalue weighted by Crippen LogP contribution is 2.46. The number of ether oxygens (including phenoxy) is 2. The monoisotopic (exact) mass is 594 g/mol. The van der Waals surface area contributed by atoms with Crippen LogP contribution in [-0.2, 0) is 6.61 Å². The van der Waals surface area contributed by atoms with Gasteiger partial charge in [0.15, 0.2) is 0 Å². The number of halogens is 4. The smallest absolute Gasteiger partial charge is 0.205 e. The molecular formula is C23H14Br2Cl2N2O3. The van der Waals surface area contributed by atoms with E-state index in [2.05, 4.69) is 37.9 Å². The molecule has 0 saturated carbocycles. The lowest BCUT2D eigenvalue weighted by atomic mass is 9.83. The maximum Gasteiger partial charge on any atom is 0.205 e. The zero-order valence-electron chi connectivity index (χ0n) is 16.2. The minimum Gasteiger partial charge on any atom is -0.508 e. The van der Waals surface area contributed by atoms with Gasteiger partial charge in [0, 0.05) is 11.6 Å². The van der Waals surface area contributed by atoms with Crippen LogP contribution < -0.4 is 15.2 Å². The maximum absolute atomic E-state index is 9.82. The molecule has 1 atom stereocenters. The van der Waals surface area contributed by atoms with Crippen LogP contribution in [-0.4, -0.2) is 5.11 Å². The molecule has 9 heteroatoms. The maximum atomic E-state index is 9.82. The summed E-state index contributed by atoms with van der Waals surface area (Å²) in [5, 5.41) is 20.5. The molecule has 1 heterocycles. The van der Waals surface area contributed by atoms with E-state index in [1.165, 1.54) is 6.07 Å². The first-order valence-corrected chi connectivity index (χ1v) is 11.6. The van der Waals surface area contributed by atoms with Crippen molar-refractivity contribution in [1.82, 2.24) is 0 Å². The van der Waals surface area contributed by atoms with Crippen molar-refractivity contribution < 1.29 is 14.6 Å². The van der Waals surface area contributed by atoms with E-state index in [1.807, 2.05) is 18.2 Å². The summed E-state index contributed by atoms with van der Waals surface area (Å²) in [5.41, 5.74) is 8.67. The molecule has 0 spiro atoms. The Kier molecular flexibility index (Phi) is 6.59. The summed E-state index contributed by atoms with van der Waals surface area (Å²) < 4.78 is 12.9. The molecule has 0 bridgehead atoms. The van der Waals surface area contributed by atoms with E-state index in [0.717, 1.165) is 16.7 Å². The molecule has 3 N–H and O–H groups in total. The molecule has 0 amide bonds. The summed E-state index contributed by atoms with van der Waals surface area (Å²) >= 11 is 19.2. The van der Waals surface area contributed by atoms with Crippen LogP contribution in [0, 0.1) is 11.3 Å². The number of hydrogen-bond donors (Lipinski definition) is 2. The van der Waals surface area contributed by atoms with Crippen LogP contribution in [0.3, 0.4) is 0 Å². The SMILES string of the molecule is N#CC1=C(N)Oc2cc(O)ccc2[C@H]1c1cc(Br)c(OCc2ccc(Cl)c(Cl)c2)c(Br)c1. The average Bonchev–Trinajstić information content (AvgIpc) is 2.74. The van der Waals surface area contributed by atoms with Crippen molar-refractivity contribution >= 4 is 55.1 Å². The minimum absolute atomic E-state index is 0.00258. The van der Waals surface area contributed by atoms with Crippen LogP contribution >= 0.6 is 55.1 Å². The van der Waals surface area contributed by atoms with E-state index in [1.54, 1.807) is 24.3 Å². The molecule has 0 radical (unpaired) electrons. The van der Waals surface area contributed by atoms with E-state index in [-0.39, 0.29) is 23.8 Å². The Morgan fingerprint density at radius 1 is 1.06 bits per heavy atom. The third-order valence-corrected chi connectivity index (χ3v) is 6.84. The number of rotatable bonds is 4. The Bertz CT molecular complexity index is 1280. The van der Waals surface area contributed by atoms with Gasteiger partial charge in [0.1, 0.15) is 35.5 Å². The summed E-state index contributed by atoms with van der Waals surface area (Å²) in [7, 11) is 0. The minimum atomic E-state index is -0.471. The molecule has 1 aliphatic heterocycles. The molecule has 1 aliphatic rings. The number of allylic oxidation sites excluding steroid dienone is 1. The van der Waals surface area contributed by atoms with E-state index in [0.29, 0.717) is 30.5 Å². The molecule has 0 unspecified atom stereocenters. The van der Waals surface area contributed by atoms with Gasteiger partial charge in [0.25, 0.3) is 0 Å². The number of fused-ring (bicyclic) bond motifs is 1. The fourth-order valence-corrected chi connectivity index (χ4v) is 5.23. The number of phenols is 1. The first-order valence-electron chi connectivity index (χ1n) is 9.24. The summed E-state index contributed by atoms with van der Waals surface area (Å²) in [6, 6.07) is 15.9. The second kappa shape index (κ2) is 9.24. The number of hydrogen-bond acceptors (Lipinski definition) is 5. The van der Waals surface area contributed by atoms with Crippen LogP contribution in [0.25, 0.3) is 0 Å². The molecule has 4 rings (SSSR count).